The van der Waals surface area contributed by atoms with E-state index >= 15 is 0 Å². The minimum Gasteiger partial charge on any atom is -0.485 e. The molecule has 5 heteroatoms. The van der Waals surface area contributed by atoms with Crippen LogP contribution in [-0.2, 0) is 13.2 Å². The van der Waals surface area contributed by atoms with Crippen LogP contribution in [0.25, 0.3) is 0 Å². The third kappa shape index (κ3) is 2.93. The Bertz CT molecular complexity index is 590. The lowest BCUT2D eigenvalue weighted by Crippen LogP contribution is -2.06. The summed E-state index contributed by atoms with van der Waals surface area (Å²) in [5.74, 6) is 0.373. The number of carboxylic acids is 1. The largest absolute Gasteiger partial charge is 0.485 e. The van der Waals surface area contributed by atoms with Crippen LogP contribution in [0.1, 0.15) is 28.8 Å². The van der Waals surface area contributed by atoms with Gasteiger partial charge in [-0.3, -0.25) is 0 Å². The Morgan fingerprint density at radius 1 is 1.42 bits per heavy atom. The van der Waals surface area contributed by atoms with Crippen LogP contribution < -0.4 is 4.74 Å². The van der Waals surface area contributed by atoms with Gasteiger partial charge in [0.05, 0.1) is 0 Å². The van der Waals surface area contributed by atoms with Crippen molar-refractivity contribution >= 4 is 5.97 Å². The molecule has 0 amide bonds. The molecule has 2 aromatic rings. The van der Waals surface area contributed by atoms with Crippen LogP contribution in [0.2, 0.25) is 0 Å². The average Bonchev–Trinajstić information content (AvgIpc) is 2.81. The molecule has 0 saturated carbocycles. The van der Waals surface area contributed by atoms with Crippen molar-refractivity contribution < 1.29 is 14.6 Å². The lowest BCUT2D eigenvalue weighted by Gasteiger charge is -2.09. The van der Waals surface area contributed by atoms with Crippen LogP contribution >= 0.6 is 0 Å². The highest BCUT2D eigenvalue weighted by atomic mass is 16.5. The molecule has 1 aromatic carbocycles. The molecule has 1 heterocycles. The van der Waals surface area contributed by atoms with Gasteiger partial charge in [0.1, 0.15) is 18.2 Å². The average molecular weight is 260 g/mol. The summed E-state index contributed by atoms with van der Waals surface area (Å²) in [6, 6.07) is 7.69. The van der Waals surface area contributed by atoms with Gasteiger partial charge >= 0.3 is 5.97 Å². The number of para-hydroxylation sites is 1. The van der Waals surface area contributed by atoms with Gasteiger partial charge < -0.3 is 14.4 Å². The summed E-state index contributed by atoms with van der Waals surface area (Å²) < 4.78 is 7.46. The first-order chi connectivity index (χ1) is 9.11. The molecule has 0 spiro atoms. The van der Waals surface area contributed by atoms with Crippen LogP contribution in [-0.4, -0.2) is 20.6 Å². The van der Waals surface area contributed by atoms with E-state index in [0.29, 0.717) is 12.4 Å². The molecule has 0 aliphatic rings. The molecule has 19 heavy (non-hydrogen) atoms. The number of nitrogens with zero attached hydrogens (tertiary/aromatic N) is 2. The zero-order valence-electron chi connectivity index (χ0n) is 11.0. The summed E-state index contributed by atoms with van der Waals surface area (Å²) in [6.07, 6.45) is 1.53. The van der Waals surface area contributed by atoms with Gasteiger partial charge in [-0.25, -0.2) is 9.78 Å². The zero-order valence-corrected chi connectivity index (χ0v) is 11.0. The number of hydrogen-bond acceptors (Lipinski definition) is 3. The number of aryl methyl sites for hydroxylation is 2. The van der Waals surface area contributed by atoms with Crippen LogP contribution in [0, 0.1) is 6.92 Å². The molecule has 0 aliphatic carbocycles. The number of aromatic nitrogens is 2. The highest BCUT2D eigenvalue weighted by Crippen LogP contribution is 2.17. The van der Waals surface area contributed by atoms with Crippen LogP contribution in [0.3, 0.4) is 0 Å². The maximum absolute atomic E-state index is 10.9. The van der Waals surface area contributed by atoms with Crippen LogP contribution in [0.5, 0.6) is 5.75 Å². The molecule has 5 nitrogen and oxygen atoms in total. The van der Waals surface area contributed by atoms with E-state index in [2.05, 4.69) is 4.98 Å². The Balaban J connectivity index is 2.15. The highest BCUT2D eigenvalue weighted by molar-refractivity contribution is 5.85. The van der Waals surface area contributed by atoms with Crippen LogP contribution in [0.15, 0.2) is 30.5 Å². The fourth-order valence-corrected chi connectivity index (χ4v) is 1.81. The summed E-state index contributed by atoms with van der Waals surface area (Å²) in [5.41, 5.74) is 1.08. The van der Waals surface area contributed by atoms with Crippen molar-refractivity contribution in [2.45, 2.75) is 27.0 Å². The molecule has 0 unspecified atom stereocenters. The maximum atomic E-state index is 10.9. The summed E-state index contributed by atoms with van der Waals surface area (Å²) in [5, 5.41) is 8.93. The Hall–Kier alpha value is -2.30. The molecule has 1 N–H and O–H groups in total. The number of benzene rings is 1. The first kappa shape index (κ1) is 13.1. The third-order valence-corrected chi connectivity index (χ3v) is 2.87. The van der Waals surface area contributed by atoms with Gasteiger partial charge in [0.25, 0.3) is 0 Å². The molecule has 1 aromatic heterocycles. The Kier molecular flexibility index (Phi) is 3.85. The topological polar surface area (TPSA) is 64.4 Å². The van der Waals surface area contributed by atoms with Crippen molar-refractivity contribution in [1.29, 1.82) is 0 Å². The molecule has 0 radical (unpaired) electrons. The Labute approximate surface area is 111 Å². The number of carbonyl (C=O) groups is 1. The third-order valence-electron chi connectivity index (χ3n) is 2.87. The number of ether oxygens (including phenoxy) is 1. The van der Waals surface area contributed by atoms with Gasteiger partial charge in [-0.05, 0) is 25.5 Å². The molecule has 2 rings (SSSR count). The van der Waals surface area contributed by atoms with Crippen molar-refractivity contribution in [2.75, 3.05) is 0 Å². The van der Waals surface area contributed by atoms with E-state index in [-0.39, 0.29) is 12.3 Å². The number of carboxylic acid groups (broad SMARTS) is 1. The van der Waals surface area contributed by atoms with Gasteiger partial charge in [-0.15, -0.1) is 0 Å². The first-order valence-electron chi connectivity index (χ1n) is 6.09. The summed E-state index contributed by atoms with van der Waals surface area (Å²) in [4.78, 5) is 15.0. The lowest BCUT2D eigenvalue weighted by atomic mass is 10.2. The molecule has 0 saturated heterocycles. The quantitative estimate of drug-likeness (QED) is 0.897. The van der Waals surface area contributed by atoms with Gasteiger partial charge in [0, 0.05) is 12.7 Å². The molecule has 0 aliphatic heterocycles. The number of hydrogen-bond donors (Lipinski definition) is 1. The predicted octanol–water partition coefficient (Wildman–Crippen LogP) is 2.49. The molecule has 0 atom stereocenters. The van der Waals surface area contributed by atoms with Gasteiger partial charge in [-0.1, -0.05) is 18.2 Å². The number of imidazole rings is 1. The molecule has 0 fully saturated rings. The smallest absolute Gasteiger partial charge is 0.356 e. The second-order valence-corrected chi connectivity index (χ2v) is 4.19. The predicted molar refractivity (Wildman–Crippen MR) is 70.4 cm³/mol. The van der Waals surface area contributed by atoms with E-state index in [1.54, 1.807) is 4.57 Å². The fraction of sp³-hybridized carbons (Fsp3) is 0.286. The zero-order chi connectivity index (χ0) is 13.8. The molecule has 100 valence electrons. The van der Waals surface area contributed by atoms with Crippen molar-refractivity contribution in [3.63, 3.8) is 0 Å². The summed E-state index contributed by atoms with van der Waals surface area (Å²) in [7, 11) is 0. The molecule has 0 bridgehead atoms. The SMILES string of the molecule is CCn1cc(C(=O)O)nc1COc1ccccc1C. The van der Waals surface area contributed by atoms with E-state index < -0.39 is 5.97 Å². The number of aromatic carboxylic acids is 1. The highest BCUT2D eigenvalue weighted by Gasteiger charge is 2.12. The fourth-order valence-electron chi connectivity index (χ4n) is 1.81. The van der Waals surface area contributed by atoms with E-state index in [9.17, 15) is 4.79 Å². The monoisotopic (exact) mass is 260 g/mol. The van der Waals surface area contributed by atoms with Crippen molar-refractivity contribution in [3.8, 4) is 5.75 Å². The van der Waals surface area contributed by atoms with Crippen molar-refractivity contribution in [1.82, 2.24) is 9.55 Å². The van der Waals surface area contributed by atoms with E-state index in [4.69, 9.17) is 9.84 Å². The molecular formula is C14H16N2O3. The number of rotatable bonds is 5. The van der Waals surface area contributed by atoms with Crippen molar-refractivity contribution in [2.24, 2.45) is 0 Å². The van der Waals surface area contributed by atoms with Gasteiger partial charge in [0.2, 0.25) is 0 Å². The van der Waals surface area contributed by atoms with Crippen LogP contribution in [0.4, 0.5) is 0 Å². The van der Waals surface area contributed by atoms with E-state index in [1.165, 1.54) is 6.20 Å². The first-order valence-corrected chi connectivity index (χ1v) is 6.09. The minimum absolute atomic E-state index is 0.0465. The minimum atomic E-state index is -1.02. The lowest BCUT2D eigenvalue weighted by molar-refractivity contribution is 0.0690. The van der Waals surface area contributed by atoms with Gasteiger partial charge in [0.15, 0.2) is 5.69 Å². The standard InChI is InChI=1S/C14H16N2O3/c1-3-16-8-11(14(17)18)15-13(16)9-19-12-7-5-4-6-10(12)2/h4-8H,3,9H2,1-2H3,(H,17,18). The second-order valence-electron chi connectivity index (χ2n) is 4.19. The summed E-state index contributed by atoms with van der Waals surface area (Å²) >= 11 is 0. The molecular weight excluding hydrogens is 244 g/mol. The maximum Gasteiger partial charge on any atom is 0.356 e. The Morgan fingerprint density at radius 3 is 2.79 bits per heavy atom. The second kappa shape index (κ2) is 5.56. The van der Waals surface area contributed by atoms with E-state index in [0.717, 1.165) is 11.3 Å². The van der Waals surface area contributed by atoms with E-state index in [1.807, 2.05) is 38.1 Å². The van der Waals surface area contributed by atoms with Gasteiger partial charge in [-0.2, -0.15) is 0 Å². The van der Waals surface area contributed by atoms with Crippen molar-refractivity contribution in [3.05, 3.63) is 47.5 Å². The summed E-state index contributed by atoms with van der Waals surface area (Å²) in [6.45, 7) is 4.81. The Morgan fingerprint density at radius 2 is 2.16 bits per heavy atom. The normalized spacial score (nSPS) is 10.4.